The van der Waals surface area contributed by atoms with Gasteiger partial charge >= 0.3 is 0 Å². The first-order valence-electron chi connectivity index (χ1n) is 4.61. The molecule has 1 aromatic carbocycles. The molecule has 0 radical (unpaired) electrons. The minimum atomic E-state index is 0.329. The van der Waals surface area contributed by atoms with E-state index in [0.717, 1.165) is 18.6 Å². The molecular formula is C11H13ClO. The Labute approximate surface area is 83.7 Å². The van der Waals surface area contributed by atoms with Gasteiger partial charge in [0, 0.05) is 18.2 Å². The summed E-state index contributed by atoms with van der Waals surface area (Å²) < 4.78 is 5.69. The molecule has 1 aliphatic carbocycles. The highest BCUT2D eigenvalue weighted by atomic mass is 35.5. The number of rotatable bonds is 2. The Morgan fingerprint density at radius 3 is 2.38 bits per heavy atom. The van der Waals surface area contributed by atoms with Crippen LogP contribution in [0.2, 0.25) is 0 Å². The molecule has 2 rings (SSSR count). The Balaban J connectivity index is 1.91. The van der Waals surface area contributed by atoms with E-state index in [9.17, 15) is 0 Å². The molecule has 13 heavy (non-hydrogen) atoms. The van der Waals surface area contributed by atoms with Gasteiger partial charge in [0.2, 0.25) is 0 Å². The molecule has 1 aliphatic rings. The molecule has 2 heteroatoms. The van der Waals surface area contributed by atoms with E-state index in [1.165, 1.54) is 5.56 Å². The maximum atomic E-state index is 5.86. The molecule has 0 heterocycles. The van der Waals surface area contributed by atoms with Crippen LogP contribution in [0.5, 0.6) is 5.75 Å². The van der Waals surface area contributed by atoms with Gasteiger partial charge in [-0.2, -0.15) is 0 Å². The van der Waals surface area contributed by atoms with Gasteiger partial charge in [0.15, 0.2) is 0 Å². The van der Waals surface area contributed by atoms with Crippen molar-refractivity contribution >= 4 is 11.6 Å². The first kappa shape index (κ1) is 8.89. The number of hydrogen-bond donors (Lipinski definition) is 0. The SMILES string of the molecule is Cc1ccc(OC2CC(Cl)C2)cc1. The molecule has 1 fully saturated rings. The lowest BCUT2D eigenvalue weighted by Crippen LogP contribution is -2.34. The fraction of sp³-hybridized carbons (Fsp3) is 0.455. The van der Waals surface area contributed by atoms with E-state index in [1.54, 1.807) is 0 Å². The van der Waals surface area contributed by atoms with Gasteiger partial charge in [-0.1, -0.05) is 17.7 Å². The van der Waals surface area contributed by atoms with E-state index in [0.29, 0.717) is 11.5 Å². The second-order valence-electron chi connectivity index (χ2n) is 3.62. The Bertz CT molecular complexity index is 275. The van der Waals surface area contributed by atoms with E-state index < -0.39 is 0 Å². The predicted molar refractivity (Wildman–Crippen MR) is 54.5 cm³/mol. The highest BCUT2D eigenvalue weighted by Gasteiger charge is 2.28. The summed E-state index contributed by atoms with van der Waals surface area (Å²) in [5, 5.41) is 0.329. The van der Waals surface area contributed by atoms with Crippen LogP contribution < -0.4 is 4.74 Å². The molecule has 0 saturated heterocycles. The van der Waals surface area contributed by atoms with Gasteiger partial charge in [0.1, 0.15) is 11.9 Å². The van der Waals surface area contributed by atoms with Gasteiger partial charge in [-0.15, -0.1) is 11.6 Å². The van der Waals surface area contributed by atoms with Gasteiger partial charge in [0.05, 0.1) is 0 Å². The van der Waals surface area contributed by atoms with Crippen molar-refractivity contribution in [2.45, 2.75) is 31.2 Å². The summed E-state index contributed by atoms with van der Waals surface area (Å²) in [5.41, 5.74) is 1.26. The lowest BCUT2D eigenvalue weighted by atomic mass is 9.95. The Morgan fingerprint density at radius 1 is 1.23 bits per heavy atom. The van der Waals surface area contributed by atoms with Crippen molar-refractivity contribution < 1.29 is 4.74 Å². The summed E-state index contributed by atoms with van der Waals surface area (Å²) in [4.78, 5) is 0. The van der Waals surface area contributed by atoms with Gasteiger partial charge < -0.3 is 4.74 Å². The molecule has 0 amide bonds. The molecule has 0 spiro atoms. The molecule has 1 saturated carbocycles. The summed E-state index contributed by atoms with van der Waals surface area (Å²) in [6, 6.07) is 8.14. The molecule has 0 atom stereocenters. The van der Waals surface area contributed by atoms with E-state index in [2.05, 4.69) is 19.1 Å². The minimum Gasteiger partial charge on any atom is -0.490 e. The molecule has 0 aromatic heterocycles. The standard InChI is InChI=1S/C11H13ClO/c1-8-2-4-10(5-3-8)13-11-6-9(12)7-11/h2-5,9,11H,6-7H2,1H3. The smallest absolute Gasteiger partial charge is 0.119 e. The third-order valence-corrected chi connectivity index (χ3v) is 2.72. The van der Waals surface area contributed by atoms with E-state index in [4.69, 9.17) is 16.3 Å². The van der Waals surface area contributed by atoms with Crippen LogP contribution in [0.4, 0.5) is 0 Å². The third-order valence-electron chi connectivity index (χ3n) is 2.36. The number of aryl methyl sites for hydroxylation is 1. The van der Waals surface area contributed by atoms with E-state index in [-0.39, 0.29) is 0 Å². The fourth-order valence-electron chi connectivity index (χ4n) is 1.41. The van der Waals surface area contributed by atoms with Crippen LogP contribution in [0.25, 0.3) is 0 Å². The Hall–Kier alpha value is -0.690. The van der Waals surface area contributed by atoms with Crippen LogP contribution in [0.15, 0.2) is 24.3 Å². The van der Waals surface area contributed by atoms with Crippen molar-refractivity contribution in [1.29, 1.82) is 0 Å². The quantitative estimate of drug-likeness (QED) is 0.661. The van der Waals surface area contributed by atoms with Crippen LogP contribution in [0.1, 0.15) is 18.4 Å². The van der Waals surface area contributed by atoms with Gasteiger partial charge in [-0.25, -0.2) is 0 Å². The number of hydrogen-bond acceptors (Lipinski definition) is 1. The molecule has 1 aromatic rings. The number of halogens is 1. The normalized spacial score (nSPS) is 26.6. The number of benzene rings is 1. The molecule has 0 aliphatic heterocycles. The average molecular weight is 197 g/mol. The highest BCUT2D eigenvalue weighted by molar-refractivity contribution is 6.21. The fourth-order valence-corrected chi connectivity index (χ4v) is 1.80. The predicted octanol–water partition coefficient (Wildman–Crippen LogP) is 3.14. The largest absolute Gasteiger partial charge is 0.490 e. The van der Waals surface area contributed by atoms with Crippen LogP contribution in [-0.4, -0.2) is 11.5 Å². The van der Waals surface area contributed by atoms with Crippen molar-refractivity contribution in [2.24, 2.45) is 0 Å². The summed E-state index contributed by atoms with van der Waals surface area (Å²) in [6.45, 7) is 2.07. The van der Waals surface area contributed by atoms with Gasteiger partial charge in [-0.05, 0) is 19.1 Å². The zero-order chi connectivity index (χ0) is 9.26. The number of alkyl halides is 1. The topological polar surface area (TPSA) is 9.23 Å². The van der Waals surface area contributed by atoms with E-state index >= 15 is 0 Å². The lowest BCUT2D eigenvalue weighted by Gasteiger charge is -2.31. The molecule has 0 N–H and O–H groups in total. The summed E-state index contributed by atoms with van der Waals surface area (Å²) in [5.74, 6) is 0.958. The van der Waals surface area contributed by atoms with Gasteiger partial charge in [0.25, 0.3) is 0 Å². The zero-order valence-corrected chi connectivity index (χ0v) is 8.42. The monoisotopic (exact) mass is 196 g/mol. The first-order valence-corrected chi connectivity index (χ1v) is 5.05. The van der Waals surface area contributed by atoms with Crippen molar-refractivity contribution in [1.82, 2.24) is 0 Å². The molecule has 0 bridgehead atoms. The highest BCUT2D eigenvalue weighted by Crippen LogP contribution is 2.29. The molecule has 70 valence electrons. The first-order chi connectivity index (χ1) is 6.24. The van der Waals surface area contributed by atoms with Crippen LogP contribution >= 0.6 is 11.6 Å². The summed E-state index contributed by atoms with van der Waals surface area (Å²) >= 11 is 5.86. The summed E-state index contributed by atoms with van der Waals surface area (Å²) in [6.07, 6.45) is 2.30. The average Bonchev–Trinajstić information content (AvgIpc) is 2.06. The van der Waals surface area contributed by atoms with Crippen molar-refractivity contribution in [3.8, 4) is 5.75 Å². The van der Waals surface area contributed by atoms with Crippen LogP contribution in [0.3, 0.4) is 0 Å². The number of ether oxygens (including phenoxy) is 1. The maximum absolute atomic E-state index is 5.86. The van der Waals surface area contributed by atoms with Gasteiger partial charge in [-0.3, -0.25) is 0 Å². The van der Waals surface area contributed by atoms with Crippen molar-refractivity contribution in [3.05, 3.63) is 29.8 Å². The van der Waals surface area contributed by atoms with E-state index in [1.807, 2.05) is 12.1 Å². The maximum Gasteiger partial charge on any atom is 0.119 e. The Kier molecular flexibility index (Phi) is 2.45. The summed E-state index contributed by atoms with van der Waals surface area (Å²) in [7, 11) is 0. The van der Waals surface area contributed by atoms with Crippen molar-refractivity contribution in [3.63, 3.8) is 0 Å². The minimum absolute atomic E-state index is 0.329. The van der Waals surface area contributed by atoms with Crippen LogP contribution in [-0.2, 0) is 0 Å². The van der Waals surface area contributed by atoms with Crippen molar-refractivity contribution in [2.75, 3.05) is 0 Å². The molecular weight excluding hydrogens is 184 g/mol. The van der Waals surface area contributed by atoms with Crippen LogP contribution in [0, 0.1) is 6.92 Å². The zero-order valence-electron chi connectivity index (χ0n) is 7.66. The third kappa shape index (κ3) is 2.16. The lowest BCUT2D eigenvalue weighted by molar-refractivity contribution is 0.124. The second kappa shape index (κ2) is 3.59. The molecule has 1 nitrogen and oxygen atoms in total. The molecule has 0 unspecified atom stereocenters. The second-order valence-corrected chi connectivity index (χ2v) is 4.24. The Morgan fingerprint density at radius 2 is 1.85 bits per heavy atom.